The van der Waals surface area contributed by atoms with E-state index in [0.717, 1.165) is 5.56 Å². The molecule has 7 heteroatoms. The van der Waals surface area contributed by atoms with E-state index >= 15 is 0 Å². The van der Waals surface area contributed by atoms with Gasteiger partial charge in [0.25, 0.3) is 0 Å². The Bertz CT molecular complexity index is 661. The Morgan fingerprint density at radius 3 is 1.80 bits per heavy atom. The maximum Gasteiger partial charge on any atom is 0.129 e. The molecule has 0 bridgehead atoms. The lowest BCUT2D eigenvalue weighted by atomic mass is 10.3. The maximum atomic E-state index is 8.54. The first-order chi connectivity index (χ1) is 12.2. The highest BCUT2D eigenvalue weighted by atomic mass is 35.5. The number of aliphatic hydroxyl groups excluding tert-OH is 3. The molecule has 0 atom stereocenters. The Morgan fingerprint density at radius 2 is 1.40 bits per heavy atom. The van der Waals surface area contributed by atoms with Crippen molar-refractivity contribution < 1.29 is 15.3 Å². The molecule has 3 N–H and O–H groups in total. The van der Waals surface area contributed by atoms with E-state index in [1.807, 2.05) is 12.1 Å². The second kappa shape index (κ2) is 13.0. The highest BCUT2D eigenvalue weighted by molar-refractivity contribution is 6.29. The van der Waals surface area contributed by atoms with Crippen LogP contribution in [0.3, 0.4) is 0 Å². The van der Waals surface area contributed by atoms with Crippen LogP contribution in [-0.4, -0.2) is 30.3 Å². The standard InChI is InChI=1S/C6H6ClNO.2C6H7NO/c7-6-3-1-2-5(4-9)8-6;8-5-6-1-3-7-4-2-6;8-5-6-3-1-2-4-7-6/h1-3,9H,4H2;2*1-4,8H,5H2. The Morgan fingerprint density at radius 1 is 0.720 bits per heavy atom. The van der Waals surface area contributed by atoms with Crippen molar-refractivity contribution in [3.8, 4) is 0 Å². The molecule has 0 saturated heterocycles. The molecule has 0 radical (unpaired) electrons. The van der Waals surface area contributed by atoms with Gasteiger partial charge in [-0.25, -0.2) is 4.98 Å². The van der Waals surface area contributed by atoms with Gasteiger partial charge in [0.15, 0.2) is 0 Å². The molecule has 3 heterocycles. The van der Waals surface area contributed by atoms with Crippen molar-refractivity contribution in [2.75, 3.05) is 0 Å². The van der Waals surface area contributed by atoms with E-state index in [4.69, 9.17) is 26.9 Å². The van der Waals surface area contributed by atoms with Crippen LogP contribution in [0.2, 0.25) is 5.15 Å². The lowest BCUT2D eigenvalue weighted by molar-refractivity contribution is 0.276. The van der Waals surface area contributed by atoms with E-state index in [1.165, 1.54) is 0 Å². The molecule has 0 amide bonds. The van der Waals surface area contributed by atoms with Crippen LogP contribution < -0.4 is 0 Å². The Labute approximate surface area is 151 Å². The fourth-order valence-corrected chi connectivity index (χ4v) is 1.70. The van der Waals surface area contributed by atoms with E-state index in [0.29, 0.717) is 16.5 Å². The van der Waals surface area contributed by atoms with Gasteiger partial charge in [-0.05, 0) is 42.0 Å². The summed E-state index contributed by atoms with van der Waals surface area (Å²) in [5, 5.41) is 25.9. The minimum absolute atomic E-state index is 0.0286. The molecule has 0 fully saturated rings. The summed E-state index contributed by atoms with van der Waals surface area (Å²) in [7, 11) is 0. The second-order valence-corrected chi connectivity index (χ2v) is 4.99. The summed E-state index contributed by atoms with van der Waals surface area (Å²) in [5.74, 6) is 0. The summed E-state index contributed by atoms with van der Waals surface area (Å²) in [5.41, 5.74) is 2.22. The van der Waals surface area contributed by atoms with Crippen molar-refractivity contribution >= 4 is 11.6 Å². The Balaban J connectivity index is 0.000000188. The summed E-state index contributed by atoms with van der Waals surface area (Å²) < 4.78 is 0. The molecule has 0 saturated carbocycles. The largest absolute Gasteiger partial charge is 0.392 e. The summed E-state index contributed by atoms with van der Waals surface area (Å²) in [6, 6.07) is 14.1. The first-order valence-electron chi connectivity index (χ1n) is 7.42. The number of aromatic nitrogens is 3. The van der Waals surface area contributed by atoms with Crippen LogP contribution in [0.25, 0.3) is 0 Å². The molecule has 3 rings (SSSR count). The van der Waals surface area contributed by atoms with Gasteiger partial charge in [-0.1, -0.05) is 23.7 Å². The molecule has 6 nitrogen and oxygen atoms in total. The number of hydrogen-bond donors (Lipinski definition) is 3. The molecule has 0 unspecified atom stereocenters. The van der Waals surface area contributed by atoms with Crippen molar-refractivity contribution in [3.05, 3.63) is 89.2 Å². The molecule has 3 aromatic heterocycles. The van der Waals surface area contributed by atoms with Crippen LogP contribution in [0.1, 0.15) is 17.0 Å². The van der Waals surface area contributed by atoms with Gasteiger partial charge in [0.2, 0.25) is 0 Å². The van der Waals surface area contributed by atoms with E-state index in [-0.39, 0.29) is 19.8 Å². The van der Waals surface area contributed by atoms with E-state index in [1.54, 1.807) is 55.0 Å². The van der Waals surface area contributed by atoms with Crippen molar-refractivity contribution in [1.29, 1.82) is 0 Å². The normalized spacial score (nSPS) is 9.28. The second-order valence-electron chi connectivity index (χ2n) is 4.60. The zero-order valence-electron chi connectivity index (χ0n) is 13.5. The van der Waals surface area contributed by atoms with Gasteiger partial charge in [0, 0.05) is 18.6 Å². The third kappa shape index (κ3) is 9.49. The zero-order chi connectivity index (χ0) is 18.3. The van der Waals surface area contributed by atoms with Crippen LogP contribution in [-0.2, 0) is 19.8 Å². The van der Waals surface area contributed by atoms with Gasteiger partial charge >= 0.3 is 0 Å². The number of hydrogen-bond acceptors (Lipinski definition) is 6. The van der Waals surface area contributed by atoms with E-state index in [9.17, 15) is 0 Å². The first-order valence-corrected chi connectivity index (χ1v) is 7.80. The van der Waals surface area contributed by atoms with Gasteiger partial charge < -0.3 is 15.3 Å². The van der Waals surface area contributed by atoms with Crippen LogP contribution in [0.15, 0.2) is 67.1 Å². The SMILES string of the molecule is OCc1cccc(Cl)n1.OCc1ccccn1.OCc1ccncc1. The van der Waals surface area contributed by atoms with Crippen molar-refractivity contribution in [2.24, 2.45) is 0 Å². The Kier molecular flexibility index (Phi) is 10.7. The Hall–Kier alpha value is -2.38. The molecule has 0 aromatic carbocycles. The molecule has 3 aromatic rings. The zero-order valence-corrected chi connectivity index (χ0v) is 14.3. The molecular weight excluding hydrogens is 342 g/mol. The lowest BCUT2D eigenvalue weighted by Gasteiger charge is -1.92. The molecule has 0 aliphatic heterocycles. The van der Waals surface area contributed by atoms with Crippen LogP contribution in [0, 0.1) is 0 Å². The molecule has 132 valence electrons. The van der Waals surface area contributed by atoms with Crippen molar-refractivity contribution in [1.82, 2.24) is 15.0 Å². The van der Waals surface area contributed by atoms with Crippen LogP contribution >= 0.6 is 11.6 Å². The smallest absolute Gasteiger partial charge is 0.129 e. The van der Waals surface area contributed by atoms with E-state index in [2.05, 4.69) is 15.0 Å². The van der Waals surface area contributed by atoms with Gasteiger partial charge in [0.1, 0.15) is 5.15 Å². The molecular formula is C18H20ClN3O3. The van der Waals surface area contributed by atoms with Gasteiger partial charge in [-0.2, -0.15) is 0 Å². The quantitative estimate of drug-likeness (QED) is 0.619. The fourth-order valence-electron chi connectivity index (χ4n) is 1.52. The first kappa shape index (κ1) is 20.7. The summed E-state index contributed by atoms with van der Waals surface area (Å²) in [6.45, 7) is 0.0733. The molecule has 0 aliphatic carbocycles. The van der Waals surface area contributed by atoms with Gasteiger partial charge in [-0.15, -0.1) is 0 Å². The maximum absolute atomic E-state index is 8.54. The predicted octanol–water partition coefficient (Wildman–Crippen LogP) is 2.38. The average Bonchev–Trinajstić information content (AvgIpc) is 2.70. The average molecular weight is 362 g/mol. The minimum atomic E-state index is -0.0550. The van der Waals surface area contributed by atoms with Crippen molar-refractivity contribution in [2.45, 2.75) is 19.8 Å². The van der Waals surface area contributed by atoms with Gasteiger partial charge in [0.05, 0.1) is 31.2 Å². The lowest BCUT2D eigenvalue weighted by Crippen LogP contribution is -1.86. The third-order valence-corrected chi connectivity index (χ3v) is 2.97. The number of halogens is 1. The molecule has 0 aliphatic rings. The van der Waals surface area contributed by atoms with Gasteiger partial charge in [-0.3, -0.25) is 9.97 Å². The number of aliphatic hydroxyl groups is 3. The summed E-state index contributed by atoms with van der Waals surface area (Å²) in [6.07, 6.45) is 4.97. The fraction of sp³-hybridized carbons (Fsp3) is 0.167. The number of rotatable bonds is 3. The van der Waals surface area contributed by atoms with Crippen molar-refractivity contribution in [3.63, 3.8) is 0 Å². The molecule has 0 spiro atoms. The molecule has 25 heavy (non-hydrogen) atoms. The minimum Gasteiger partial charge on any atom is -0.392 e. The van der Waals surface area contributed by atoms with Crippen LogP contribution in [0.4, 0.5) is 0 Å². The van der Waals surface area contributed by atoms with Crippen LogP contribution in [0.5, 0.6) is 0 Å². The monoisotopic (exact) mass is 361 g/mol. The predicted molar refractivity (Wildman–Crippen MR) is 95.5 cm³/mol. The topological polar surface area (TPSA) is 99.4 Å². The highest BCUT2D eigenvalue weighted by Crippen LogP contribution is 2.03. The van der Waals surface area contributed by atoms with E-state index < -0.39 is 0 Å². The third-order valence-electron chi connectivity index (χ3n) is 2.75. The number of nitrogens with zero attached hydrogens (tertiary/aromatic N) is 3. The number of pyridine rings is 3. The summed E-state index contributed by atoms with van der Waals surface area (Å²) in [4.78, 5) is 11.4. The summed E-state index contributed by atoms with van der Waals surface area (Å²) >= 11 is 5.50. The highest BCUT2D eigenvalue weighted by Gasteiger charge is 1.90.